The Labute approximate surface area is 107 Å². The molecule has 0 amide bonds. The van der Waals surface area contributed by atoms with E-state index in [-0.39, 0.29) is 0 Å². The van der Waals surface area contributed by atoms with Crippen LogP contribution in [0.4, 0.5) is 0 Å². The molecule has 0 aromatic carbocycles. The number of β-amino-alcohol motifs (C(OH)–C–C–N with tert-alkyl or cyclic N) is 1. The number of aliphatic hydroxyl groups is 1. The number of rotatable bonds is 4. The minimum atomic E-state index is -0.544. The third kappa shape index (κ3) is 4.59. The van der Waals surface area contributed by atoms with Crippen LogP contribution in [-0.4, -0.2) is 35.2 Å². The molecule has 2 unspecified atom stereocenters. The van der Waals surface area contributed by atoms with Gasteiger partial charge in [0.05, 0.1) is 5.60 Å². The fourth-order valence-corrected chi connectivity index (χ4v) is 2.64. The smallest absolute Gasteiger partial charge is 0.0768 e. The summed E-state index contributed by atoms with van der Waals surface area (Å²) in [6, 6.07) is 0. The summed E-state index contributed by atoms with van der Waals surface area (Å²) in [5.41, 5.74) is -0.544. The predicted octanol–water partition coefficient (Wildman–Crippen LogP) is 3.15. The zero-order chi connectivity index (χ0) is 13.1. The molecule has 1 aliphatic rings. The lowest BCUT2D eigenvalue weighted by molar-refractivity contribution is -0.0183. The normalized spacial score (nSPS) is 27.2. The van der Waals surface area contributed by atoms with E-state index in [0.29, 0.717) is 5.92 Å². The maximum Gasteiger partial charge on any atom is 0.0768 e. The molecule has 1 aliphatic heterocycles. The van der Waals surface area contributed by atoms with Crippen molar-refractivity contribution in [3.8, 4) is 0 Å². The van der Waals surface area contributed by atoms with Gasteiger partial charge in [-0.15, -0.1) is 0 Å². The third-order valence-electron chi connectivity index (χ3n) is 4.60. The van der Waals surface area contributed by atoms with Gasteiger partial charge in [0.2, 0.25) is 0 Å². The first-order valence-electron chi connectivity index (χ1n) is 7.27. The second-order valence-electron chi connectivity index (χ2n) is 6.72. The SMILES string of the molecule is CC(C)C1CCCN(CC(C)(O)C(C)C)CC1. The molecule has 2 atom stereocenters. The summed E-state index contributed by atoms with van der Waals surface area (Å²) >= 11 is 0. The highest BCUT2D eigenvalue weighted by atomic mass is 16.3. The Morgan fingerprint density at radius 2 is 1.82 bits per heavy atom. The van der Waals surface area contributed by atoms with E-state index >= 15 is 0 Å². The van der Waals surface area contributed by atoms with E-state index in [1.807, 2.05) is 6.92 Å². The number of hydrogen-bond donors (Lipinski definition) is 1. The van der Waals surface area contributed by atoms with Gasteiger partial charge in [0.15, 0.2) is 0 Å². The molecule has 0 aliphatic carbocycles. The van der Waals surface area contributed by atoms with Crippen LogP contribution in [0.25, 0.3) is 0 Å². The molecule has 17 heavy (non-hydrogen) atoms. The minimum absolute atomic E-state index is 0.326. The summed E-state index contributed by atoms with van der Waals surface area (Å²) in [6.45, 7) is 14.0. The lowest BCUT2D eigenvalue weighted by atomic mass is 9.89. The van der Waals surface area contributed by atoms with E-state index in [4.69, 9.17) is 0 Å². The summed E-state index contributed by atoms with van der Waals surface area (Å²) in [6.07, 6.45) is 3.95. The topological polar surface area (TPSA) is 23.5 Å². The Hall–Kier alpha value is -0.0800. The Bertz CT molecular complexity index is 223. The van der Waals surface area contributed by atoms with E-state index < -0.39 is 5.60 Å². The van der Waals surface area contributed by atoms with Crippen molar-refractivity contribution in [1.29, 1.82) is 0 Å². The monoisotopic (exact) mass is 241 g/mol. The average molecular weight is 241 g/mol. The maximum absolute atomic E-state index is 10.4. The molecule has 1 saturated heterocycles. The molecule has 0 aromatic rings. The summed E-state index contributed by atoms with van der Waals surface area (Å²) in [7, 11) is 0. The van der Waals surface area contributed by atoms with Crippen LogP contribution in [0.1, 0.15) is 53.9 Å². The lowest BCUT2D eigenvalue weighted by Crippen LogP contribution is -2.44. The summed E-state index contributed by atoms with van der Waals surface area (Å²) < 4.78 is 0. The number of hydrogen-bond acceptors (Lipinski definition) is 2. The van der Waals surface area contributed by atoms with Gasteiger partial charge in [0.25, 0.3) is 0 Å². The van der Waals surface area contributed by atoms with E-state index in [9.17, 15) is 5.11 Å². The Morgan fingerprint density at radius 1 is 1.18 bits per heavy atom. The van der Waals surface area contributed by atoms with Crippen LogP contribution >= 0.6 is 0 Å². The fourth-order valence-electron chi connectivity index (χ4n) is 2.64. The zero-order valence-electron chi connectivity index (χ0n) is 12.4. The quantitative estimate of drug-likeness (QED) is 0.817. The predicted molar refractivity (Wildman–Crippen MR) is 74.1 cm³/mol. The van der Waals surface area contributed by atoms with E-state index in [0.717, 1.165) is 31.5 Å². The van der Waals surface area contributed by atoms with E-state index in [1.54, 1.807) is 0 Å². The van der Waals surface area contributed by atoms with Crippen LogP contribution in [0, 0.1) is 17.8 Å². The van der Waals surface area contributed by atoms with Crippen molar-refractivity contribution in [3.63, 3.8) is 0 Å². The van der Waals surface area contributed by atoms with Crippen molar-refractivity contribution in [1.82, 2.24) is 4.90 Å². The molecule has 0 aromatic heterocycles. The maximum atomic E-state index is 10.4. The average Bonchev–Trinajstić information content (AvgIpc) is 2.42. The van der Waals surface area contributed by atoms with Crippen LogP contribution < -0.4 is 0 Å². The molecular formula is C15H31NO. The van der Waals surface area contributed by atoms with E-state index in [2.05, 4.69) is 32.6 Å². The van der Waals surface area contributed by atoms with Gasteiger partial charge in [0, 0.05) is 6.54 Å². The van der Waals surface area contributed by atoms with Crippen LogP contribution in [0.3, 0.4) is 0 Å². The molecule has 1 heterocycles. The fraction of sp³-hybridized carbons (Fsp3) is 1.00. The van der Waals surface area contributed by atoms with Crippen molar-refractivity contribution < 1.29 is 5.11 Å². The highest BCUT2D eigenvalue weighted by Crippen LogP contribution is 2.26. The molecule has 0 saturated carbocycles. The first kappa shape index (κ1) is 15.0. The standard InChI is InChI=1S/C15H31NO/c1-12(2)14-7-6-9-16(10-8-14)11-15(5,17)13(3)4/h12-14,17H,6-11H2,1-5H3. The van der Waals surface area contributed by atoms with Gasteiger partial charge < -0.3 is 10.0 Å². The van der Waals surface area contributed by atoms with Crippen LogP contribution in [-0.2, 0) is 0 Å². The van der Waals surface area contributed by atoms with Crippen molar-refractivity contribution in [2.24, 2.45) is 17.8 Å². The van der Waals surface area contributed by atoms with Crippen molar-refractivity contribution in [3.05, 3.63) is 0 Å². The highest BCUT2D eigenvalue weighted by Gasteiger charge is 2.29. The van der Waals surface area contributed by atoms with Gasteiger partial charge in [-0.05, 0) is 57.0 Å². The van der Waals surface area contributed by atoms with Gasteiger partial charge in [0.1, 0.15) is 0 Å². The first-order chi connectivity index (χ1) is 7.83. The first-order valence-corrected chi connectivity index (χ1v) is 7.27. The van der Waals surface area contributed by atoms with Gasteiger partial charge in [-0.25, -0.2) is 0 Å². The lowest BCUT2D eigenvalue weighted by Gasteiger charge is -2.34. The van der Waals surface area contributed by atoms with Crippen LogP contribution in [0.15, 0.2) is 0 Å². The van der Waals surface area contributed by atoms with Crippen molar-refractivity contribution in [2.45, 2.75) is 59.5 Å². The second kappa shape index (κ2) is 6.19. The zero-order valence-corrected chi connectivity index (χ0v) is 12.4. The molecule has 102 valence electrons. The van der Waals surface area contributed by atoms with E-state index in [1.165, 1.54) is 19.3 Å². The molecule has 2 nitrogen and oxygen atoms in total. The highest BCUT2D eigenvalue weighted by molar-refractivity contribution is 4.82. The van der Waals surface area contributed by atoms with Crippen molar-refractivity contribution in [2.75, 3.05) is 19.6 Å². The van der Waals surface area contributed by atoms with Gasteiger partial charge in [-0.2, -0.15) is 0 Å². The molecule has 1 N–H and O–H groups in total. The van der Waals surface area contributed by atoms with Gasteiger partial charge in [-0.1, -0.05) is 27.7 Å². The molecule has 0 spiro atoms. The number of nitrogens with zero attached hydrogens (tertiary/aromatic N) is 1. The third-order valence-corrected chi connectivity index (χ3v) is 4.60. The molecule has 1 rings (SSSR count). The number of likely N-dealkylation sites (tertiary alicyclic amines) is 1. The second-order valence-corrected chi connectivity index (χ2v) is 6.72. The summed E-state index contributed by atoms with van der Waals surface area (Å²) in [4.78, 5) is 2.46. The Balaban J connectivity index is 2.47. The Morgan fingerprint density at radius 3 is 2.35 bits per heavy atom. The molecule has 0 bridgehead atoms. The Kier molecular flexibility index (Phi) is 5.46. The van der Waals surface area contributed by atoms with Gasteiger partial charge >= 0.3 is 0 Å². The van der Waals surface area contributed by atoms with Crippen LogP contribution in [0.2, 0.25) is 0 Å². The molecule has 1 fully saturated rings. The summed E-state index contributed by atoms with van der Waals surface area (Å²) in [5, 5.41) is 10.4. The molecule has 0 radical (unpaired) electrons. The molecular weight excluding hydrogens is 210 g/mol. The summed E-state index contributed by atoms with van der Waals surface area (Å²) in [5.74, 6) is 2.01. The minimum Gasteiger partial charge on any atom is -0.389 e. The van der Waals surface area contributed by atoms with Crippen molar-refractivity contribution >= 4 is 0 Å². The van der Waals surface area contributed by atoms with Gasteiger partial charge in [-0.3, -0.25) is 0 Å². The largest absolute Gasteiger partial charge is 0.389 e. The van der Waals surface area contributed by atoms with Crippen LogP contribution in [0.5, 0.6) is 0 Å². The molecule has 2 heteroatoms.